The van der Waals surface area contributed by atoms with Gasteiger partial charge in [-0.05, 0) is 24.3 Å². The Morgan fingerprint density at radius 1 is 1.29 bits per heavy atom. The Labute approximate surface area is 126 Å². The zero-order chi connectivity index (χ0) is 15.2. The molecule has 0 heterocycles. The smallest absolute Gasteiger partial charge is 0.262 e. The first-order chi connectivity index (χ1) is 10.1. The number of amides is 1. The summed E-state index contributed by atoms with van der Waals surface area (Å²) >= 11 is 5.87. The van der Waals surface area contributed by atoms with Crippen LogP contribution in [0.15, 0.2) is 42.5 Å². The lowest BCUT2D eigenvalue weighted by molar-refractivity contribution is -0.118. The summed E-state index contributed by atoms with van der Waals surface area (Å²) in [5.74, 6) is -0.534. The van der Waals surface area contributed by atoms with Crippen LogP contribution in [0.3, 0.4) is 0 Å². The number of halogens is 2. The molecule has 0 unspecified atom stereocenters. The largest absolute Gasteiger partial charge is 0.483 e. The molecule has 4 nitrogen and oxygen atoms in total. The Morgan fingerprint density at radius 2 is 2.05 bits per heavy atom. The van der Waals surface area contributed by atoms with Gasteiger partial charge >= 0.3 is 0 Å². The average Bonchev–Trinajstić information content (AvgIpc) is 2.48. The van der Waals surface area contributed by atoms with E-state index in [0.29, 0.717) is 10.8 Å². The lowest BCUT2D eigenvalue weighted by Crippen LogP contribution is -2.21. The molecule has 2 rings (SSSR count). The summed E-state index contributed by atoms with van der Waals surface area (Å²) in [6.45, 7) is 0.00309. The monoisotopic (exact) mass is 308 g/mol. The van der Waals surface area contributed by atoms with E-state index in [1.165, 1.54) is 12.1 Å². The van der Waals surface area contributed by atoms with E-state index in [1.54, 1.807) is 30.3 Å². The number of ether oxygens (including phenoxy) is 1. The Kier molecular flexibility index (Phi) is 5.14. The van der Waals surface area contributed by atoms with Crippen molar-refractivity contribution in [1.82, 2.24) is 0 Å². The van der Waals surface area contributed by atoms with E-state index in [-0.39, 0.29) is 18.8 Å². The van der Waals surface area contributed by atoms with Crippen molar-refractivity contribution in [1.29, 1.82) is 0 Å². The predicted octanol–water partition coefficient (Wildman–Crippen LogP) is 2.96. The Bertz CT molecular complexity index is 649. The second kappa shape index (κ2) is 7.06. The van der Waals surface area contributed by atoms with Gasteiger partial charge in [-0.3, -0.25) is 4.79 Å². The second-order valence-electron chi connectivity index (χ2n) is 4.27. The van der Waals surface area contributed by atoms with Gasteiger partial charge in [-0.15, -0.1) is 0 Å². The van der Waals surface area contributed by atoms with Gasteiger partial charge in [-0.2, -0.15) is 0 Å². The summed E-state index contributed by atoms with van der Waals surface area (Å²) in [6.07, 6.45) is 0. The zero-order valence-electron chi connectivity index (χ0n) is 11.1. The molecule has 1 amide bonds. The fraction of sp³-hybridized carbons (Fsp3) is 0.133. The Morgan fingerprint density at radius 3 is 2.76 bits per heavy atom. The van der Waals surface area contributed by atoms with Gasteiger partial charge in [0.05, 0.1) is 5.69 Å². The molecule has 0 atom stereocenters. The highest BCUT2D eigenvalue weighted by atomic mass is 35.5. The van der Waals surface area contributed by atoms with E-state index >= 15 is 0 Å². The van der Waals surface area contributed by atoms with Crippen LogP contribution in [-0.2, 0) is 11.3 Å². The van der Waals surface area contributed by atoms with Crippen LogP contribution in [0.1, 0.15) is 5.56 Å². The highest BCUT2D eigenvalue weighted by molar-refractivity contribution is 6.30. The summed E-state index contributed by atoms with van der Waals surface area (Å²) < 4.78 is 18.8. The molecular weight excluding hydrogens is 295 g/mol. The number of nitrogens with one attached hydrogen (secondary N) is 1. The van der Waals surface area contributed by atoms with Crippen LogP contribution >= 0.6 is 11.6 Å². The molecule has 0 bridgehead atoms. The molecule has 0 aliphatic rings. The van der Waals surface area contributed by atoms with Gasteiger partial charge in [-0.25, -0.2) is 4.39 Å². The number of benzene rings is 2. The van der Waals surface area contributed by atoms with Crippen molar-refractivity contribution in [2.45, 2.75) is 6.54 Å². The van der Waals surface area contributed by atoms with Crippen LogP contribution in [-0.4, -0.2) is 12.5 Å². The van der Waals surface area contributed by atoms with Gasteiger partial charge in [0.2, 0.25) is 0 Å². The molecule has 0 aliphatic heterocycles. The summed E-state index contributed by atoms with van der Waals surface area (Å²) in [5, 5.41) is 2.91. The normalized spacial score (nSPS) is 10.2. The first kappa shape index (κ1) is 15.3. The van der Waals surface area contributed by atoms with Crippen LogP contribution in [0.4, 0.5) is 10.1 Å². The molecular formula is C15H14ClFN2O2. The first-order valence-corrected chi connectivity index (χ1v) is 6.63. The van der Waals surface area contributed by atoms with Crippen LogP contribution < -0.4 is 15.8 Å². The minimum absolute atomic E-state index is 0.108. The third kappa shape index (κ3) is 4.18. The molecule has 0 aliphatic carbocycles. The number of anilines is 1. The van der Waals surface area contributed by atoms with Crippen molar-refractivity contribution < 1.29 is 13.9 Å². The van der Waals surface area contributed by atoms with E-state index < -0.39 is 11.7 Å². The summed E-state index contributed by atoms with van der Waals surface area (Å²) in [5.41, 5.74) is 6.42. The summed E-state index contributed by atoms with van der Waals surface area (Å²) in [4.78, 5) is 11.8. The van der Waals surface area contributed by atoms with Crippen molar-refractivity contribution in [3.05, 3.63) is 58.9 Å². The molecule has 2 aromatic carbocycles. The lowest BCUT2D eigenvalue weighted by Gasteiger charge is -2.11. The van der Waals surface area contributed by atoms with Crippen molar-refractivity contribution in [2.75, 3.05) is 11.9 Å². The fourth-order valence-corrected chi connectivity index (χ4v) is 1.89. The van der Waals surface area contributed by atoms with Gasteiger partial charge in [-0.1, -0.05) is 29.8 Å². The maximum absolute atomic E-state index is 13.4. The molecule has 110 valence electrons. The van der Waals surface area contributed by atoms with E-state index in [4.69, 9.17) is 22.1 Å². The maximum Gasteiger partial charge on any atom is 0.262 e. The summed E-state index contributed by atoms with van der Waals surface area (Å²) in [6, 6.07) is 10.9. The molecule has 0 aromatic heterocycles. The molecule has 0 saturated heterocycles. The minimum Gasteiger partial charge on any atom is -0.483 e. The van der Waals surface area contributed by atoms with E-state index in [1.807, 2.05) is 0 Å². The standard InChI is InChI=1S/C15H14ClFN2O2/c16-11-6-5-10(8-18)14(7-11)21-9-15(20)19-13-4-2-1-3-12(13)17/h1-7H,8-9,18H2,(H,19,20). The number of hydrogen-bond acceptors (Lipinski definition) is 3. The van der Waals surface area contributed by atoms with E-state index in [0.717, 1.165) is 5.56 Å². The fourth-order valence-electron chi connectivity index (χ4n) is 1.72. The molecule has 6 heteroatoms. The van der Waals surface area contributed by atoms with Gasteiger partial charge in [0.25, 0.3) is 5.91 Å². The van der Waals surface area contributed by atoms with Crippen LogP contribution in [0.25, 0.3) is 0 Å². The van der Waals surface area contributed by atoms with Gasteiger partial charge in [0.1, 0.15) is 11.6 Å². The van der Waals surface area contributed by atoms with Crippen LogP contribution in [0, 0.1) is 5.82 Å². The molecule has 3 N–H and O–H groups in total. The Balaban J connectivity index is 1.98. The van der Waals surface area contributed by atoms with E-state index in [9.17, 15) is 9.18 Å². The van der Waals surface area contributed by atoms with Crippen molar-refractivity contribution in [3.8, 4) is 5.75 Å². The molecule has 2 aromatic rings. The number of para-hydroxylation sites is 1. The maximum atomic E-state index is 13.4. The number of carbonyl (C=O) groups is 1. The lowest BCUT2D eigenvalue weighted by atomic mass is 10.2. The topological polar surface area (TPSA) is 64.3 Å². The van der Waals surface area contributed by atoms with Crippen molar-refractivity contribution in [3.63, 3.8) is 0 Å². The second-order valence-corrected chi connectivity index (χ2v) is 4.71. The third-order valence-electron chi connectivity index (χ3n) is 2.76. The van der Waals surface area contributed by atoms with Crippen LogP contribution in [0.2, 0.25) is 5.02 Å². The molecule has 0 fully saturated rings. The van der Waals surface area contributed by atoms with Crippen molar-refractivity contribution in [2.24, 2.45) is 5.73 Å². The quantitative estimate of drug-likeness (QED) is 0.892. The third-order valence-corrected chi connectivity index (χ3v) is 2.99. The van der Waals surface area contributed by atoms with Crippen LogP contribution in [0.5, 0.6) is 5.75 Å². The average molecular weight is 309 g/mol. The highest BCUT2D eigenvalue weighted by Crippen LogP contribution is 2.23. The zero-order valence-corrected chi connectivity index (χ0v) is 11.9. The minimum atomic E-state index is -0.503. The Hall–Kier alpha value is -2.11. The summed E-state index contributed by atoms with van der Waals surface area (Å²) in [7, 11) is 0. The van der Waals surface area contributed by atoms with Gasteiger partial charge in [0.15, 0.2) is 6.61 Å². The molecule has 21 heavy (non-hydrogen) atoms. The molecule has 0 spiro atoms. The van der Waals surface area contributed by atoms with Gasteiger partial charge < -0.3 is 15.8 Å². The number of nitrogens with two attached hydrogens (primary N) is 1. The SMILES string of the molecule is NCc1ccc(Cl)cc1OCC(=O)Nc1ccccc1F. The molecule has 0 saturated carbocycles. The predicted molar refractivity (Wildman–Crippen MR) is 79.9 cm³/mol. The number of hydrogen-bond donors (Lipinski definition) is 2. The number of rotatable bonds is 5. The first-order valence-electron chi connectivity index (χ1n) is 6.26. The van der Waals surface area contributed by atoms with E-state index in [2.05, 4.69) is 5.32 Å². The van der Waals surface area contributed by atoms with Gasteiger partial charge in [0, 0.05) is 17.1 Å². The highest BCUT2D eigenvalue weighted by Gasteiger charge is 2.09. The number of carbonyl (C=O) groups excluding carboxylic acids is 1. The molecule has 0 radical (unpaired) electrons. The van der Waals surface area contributed by atoms with Crippen molar-refractivity contribution >= 4 is 23.2 Å².